The van der Waals surface area contributed by atoms with Gasteiger partial charge in [0.05, 0.1) is 13.5 Å². The summed E-state index contributed by atoms with van der Waals surface area (Å²) in [4.78, 5) is 13.0. The molecule has 0 saturated carbocycles. The van der Waals surface area contributed by atoms with Crippen LogP contribution in [0.15, 0.2) is 18.2 Å². The Morgan fingerprint density at radius 1 is 1.35 bits per heavy atom. The fourth-order valence-electron chi connectivity index (χ4n) is 2.38. The second-order valence-electron chi connectivity index (χ2n) is 5.18. The molecular weight excluding hydrogens is 258 g/mol. The molecule has 1 N–H and O–H groups in total. The quantitative estimate of drug-likeness (QED) is 0.890. The van der Waals surface area contributed by atoms with E-state index in [1.54, 1.807) is 25.3 Å². The average Bonchev–Trinajstić information content (AvgIpc) is 2.42. The van der Waals surface area contributed by atoms with Crippen molar-refractivity contribution in [1.29, 1.82) is 0 Å². The Hall–Kier alpha value is -1.75. The van der Waals surface area contributed by atoms with Crippen LogP contribution in [0.5, 0.6) is 11.5 Å². The standard InChI is InChI=1S/C15H21NO4/c1-16-7-5-12(6-8-16)20-13-4-3-11(10-15(17)18)9-14(13)19-2/h3-4,9,12H,5-8,10H2,1-2H3,(H,17,18). The van der Waals surface area contributed by atoms with Crippen molar-refractivity contribution >= 4 is 5.97 Å². The number of piperidine rings is 1. The van der Waals surface area contributed by atoms with Gasteiger partial charge in [0.15, 0.2) is 11.5 Å². The molecule has 20 heavy (non-hydrogen) atoms. The van der Waals surface area contributed by atoms with Crippen molar-refractivity contribution in [3.63, 3.8) is 0 Å². The van der Waals surface area contributed by atoms with Gasteiger partial charge in [-0.1, -0.05) is 6.07 Å². The lowest BCUT2D eigenvalue weighted by Gasteiger charge is -2.29. The number of carboxylic acid groups (broad SMARTS) is 1. The molecule has 0 bridgehead atoms. The number of benzene rings is 1. The van der Waals surface area contributed by atoms with Crippen molar-refractivity contribution < 1.29 is 19.4 Å². The SMILES string of the molecule is COc1cc(CC(=O)O)ccc1OC1CCN(C)CC1. The van der Waals surface area contributed by atoms with Crippen LogP contribution in [0.4, 0.5) is 0 Å². The zero-order valence-electron chi connectivity index (χ0n) is 12.0. The summed E-state index contributed by atoms with van der Waals surface area (Å²) in [5.41, 5.74) is 0.713. The number of ether oxygens (including phenoxy) is 2. The molecule has 0 atom stereocenters. The minimum atomic E-state index is -0.851. The summed E-state index contributed by atoms with van der Waals surface area (Å²) in [6.07, 6.45) is 2.18. The first-order valence-electron chi connectivity index (χ1n) is 6.82. The maximum absolute atomic E-state index is 10.7. The van der Waals surface area contributed by atoms with Crippen molar-refractivity contribution in [2.45, 2.75) is 25.4 Å². The van der Waals surface area contributed by atoms with Gasteiger partial charge in [-0.05, 0) is 37.6 Å². The smallest absolute Gasteiger partial charge is 0.307 e. The molecule has 1 aromatic rings. The first kappa shape index (κ1) is 14.7. The van der Waals surface area contributed by atoms with Crippen LogP contribution < -0.4 is 9.47 Å². The molecular formula is C15H21NO4. The lowest BCUT2D eigenvalue weighted by atomic mass is 10.1. The van der Waals surface area contributed by atoms with Gasteiger partial charge in [-0.2, -0.15) is 0 Å². The highest BCUT2D eigenvalue weighted by molar-refractivity contribution is 5.70. The molecule has 1 fully saturated rings. The molecule has 1 heterocycles. The van der Waals surface area contributed by atoms with Crippen LogP contribution in [-0.4, -0.2) is 49.3 Å². The Balaban J connectivity index is 2.05. The molecule has 5 heteroatoms. The van der Waals surface area contributed by atoms with E-state index in [9.17, 15) is 4.79 Å². The monoisotopic (exact) mass is 279 g/mol. The lowest BCUT2D eigenvalue weighted by Crippen LogP contribution is -2.35. The Kier molecular flexibility index (Phi) is 4.84. The fourth-order valence-corrected chi connectivity index (χ4v) is 2.38. The van der Waals surface area contributed by atoms with E-state index >= 15 is 0 Å². The van der Waals surface area contributed by atoms with Gasteiger partial charge < -0.3 is 19.5 Å². The summed E-state index contributed by atoms with van der Waals surface area (Å²) in [5.74, 6) is 0.440. The van der Waals surface area contributed by atoms with Crippen molar-refractivity contribution in [2.75, 3.05) is 27.2 Å². The van der Waals surface area contributed by atoms with E-state index < -0.39 is 5.97 Å². The van der Waals surface area contributed by atoms with E-state index in [1.165, 1.54) is 0 Å². The third kappa shape index (κ3) is 3.87. The predicted octanol–water partition coefficient (Wildman–Crippen LogP) is 1.80. The summed E-state index contributed by atoms with van der Waals surface area (Å²) in [6.45, 7) is 2.06. The van der Waals surface area contributed by atoms with E-state index in [0.29, 0.717) is 17.1 Å². The van der Waals surface area contributed by atoms with E-state index in [2.05, 4.69) is 11.9 Å². The number of carboxylic acids is 1. The molecule has 2 rings (SSSR count). The Morgan fingerprint density at radius 2 is 2.05 bits per heavy atom. The Morgan fingerprint density at radius 3 is 2.65 bits per heavy atom. The largest absolute Gasteiger partial charge is 0.493 e. The van der Waals surface area contributed by atoms with Gasteiger partial charge in [0.2, 0.25) is 0 Å². The maximum atomic E-state index is 10.7. The zero-order valence-corrected chi connectivity index (χ0v) is 12.0. The molecule has 0 aromatic heterocycles. The van der Waals surface area contributed by atoms with Gasteiger partial charge in [-0.15, -0.1) is 0 Å². The predicted molar refractivity (Wildman–Crippen MR) is 75.5 cm³/mol. The summed E-state index contributed by atoms with van der Waals surface area (Å²) < 4.78 is 11.3. The van der Waals surface area contributed by atoms with Crippen LogP contribution in [0.1, 0.15) is 18.4 Å². The average molecular weight is 279 g/mol. The highest BCUT2D eigenvalue weighted by Crippen LogP contribution is 2.30. The van der Waals surface area contributed by atoms with Crippen LogP contribution in [-0.2, 0) is 11.2 Å². The molecule has 1 aliphatic heterocycles. The number of methoxy groups -OCH3 is 1. The highest BCUT2D eigenvalue weighted by Gasteiger charge is 2.19. The molecule has 0 radical (unpaired) electrons. The molecule has 0 unspecified atom stereocenters. The second-order valence-corrected chi connectivity index (χ2v) is 5.18. The summed E-state index contributed by atoms with van der Waals surface area (Å²) in [6, 6.07) is 5.31. The number of rotatable bonds is 5. The summed E-state index contributed by atoms with van der Waals surface area (Å²) in [5, 5.41) is 8.81. The van der Waals surface area contributed by atoms with Crippen molar-refractivity contribution in [2.24, 2.45) is 0 Å². The first-order chi connectivity index (χ1) is 9.58. The number of aliphatic carboxylic acids is 1. The molecule has 1 saturated heterocycles. The van der Waals surface area contributed by atoms with Crippen LogP contribution in [0.2, 0.25) is 0 Å². The van der Waals surface area contributed by atoms with Crippen molar-refractivity contribution in [3.05, 3.63) is 23.8 Å². The highest BCUT2D eigenvalue weighted by atomic mass is 16.5. The van der Waals surface area contributed by atoms with E-state index in [1.807, 2.05) is 0 Å². The first-order valence-corrected chi connectivity index (χ1v) is 6.82. The summed E-state index contributed by atoms with van der Waals surface area (Å²) in [7, 11) is 3.68. The molecule has 0 amide bonds. The number of carbonyl (C=O) groups is 1. The molecule has 0 aliphatic carbocycles. The number of hydrogen-bond acceptors (Lipinski definition) is 4. The topological polar surface area (TPSA) is 59.0 Å². The number of hydrogen-bond donors (Lipinski definition) is 1. The van der Waals surface area contributed by atoms with Crippen molar-refractivity contribution in [1.82, 2.24) is 4.90 Å². The Labute approximate surface area is 119 Å². The van der Waals surface area contributed by atoms with E-state index in [0.717, 1.165) is 25.9 Å². The normalized spacial score (nSPS) is 16.9. The zero-order chi connectivity index (χ0) is 14.5. The van der Waals surface area contributed by atoms with Crippen LogP contribution in [0.3, 0.4) is 0 Å². The van der Waals surface area contributed by atoms with E-state index in [4.69, 9.17) is 14.6 Å². The Bertz CT molecular complexity index is 467. The van der Waals surface area contributed by atoms with Gasteiger partial charge in [0, 0.05) is 13.1 Å². The van der Waals surface area contributed by atoms with E-state index in [-0.39, 0.29) is 12.5 Å². The molecule has 110 valence electrons. The molecule has 1 aliphatic rings. The minimum absolute atomic E-state index is 0.00906. The van der Waals surface area contributed by atoms with Crippen LogP contribution in [0, 0.1) is 0 Å². The van der Waals surface area contributed by atoms with Gasteiger partial charge in [0.25, 0.3) is 0 Å². The van der Waals surface area contributed by atoms with Gasteiger partial charge in [-0.25, -0.2) is 0 Å². The lowest BCUT2D eigenvalue weighted by molar-refractivity contribution is -0.136. The molecule has 0 spiro atoms. The summed E-state index contributed by atoms with van der Waals surface area (Å²) >= 11 is 0. The maximum Gasteiger partial charge on any atom is 0.307 e. The van der Waals surface area contributed by atoms with Crippen LogP contribution >= 0.6 is 0 Å². The third-order valence-corrected chi connectivity index (χ3v) is 3.54. The van der Waals surface area contributed by atoms with Crippen molar-refractivity contribution in [3.8, 4) is 11.5 Å². The second kappa shape index (κ2) is 6.61. The van der Waals surface area contributed by atoms with Gasteiger partial charge in [0.1, 0.15) is 6.10 Å². The fraction of sp³-hybridized carbons (Fsp3) is 0.533. The van der Waals surface area contributed by atoms with Crippen LogP contribution in [0.25, 0.3) is 0 Å². The number of nitrogens with zero attached hydrogens (tertiary/aromatic N) is 1. The minimum Gasteiger partial charge on any atom is -0.493 e. The molecule has 5 nitrogen and oxygen atoms in total. The van der Waals surface area contributed by atoms with Gasteiger partial charge >= 0.3 is 5.97 Å². The molecule has 1 aromatic carbocycles. The number of likely N-dealkylation sites (tertiary alicyclic amines) is 1. The third-order valence-electron chi connectivity index (χ3n) is 3.54. The van der Waals surface area contributed by atoms with Gasteiger partial charge in [-0.3, -0.25) is 4.79 Å².